The summed E-state index contributed by atoms with van der Waals surface area (Å²) in [5, 5.41) is 12.3. The summed E-state index contributed by atoms with van der Waals surface area (Å²) in [7, 11) is 1.46. The van der Waals surface area contributed by atoms with Crippen LogP contribution < -0.4 is 10.1 Å². The highest BCUT2D eigenvalue weighted by Gasteiger charge is 2.11. The lowest BCUT2D eigenvalue weighted by atomic mass is 10.2. The predicted octanol–water partition coefficient (Wildman–Crippen LogP) is 3.43. The normalized spacial score (nSPS) is 10.4. The molecule has 106 valence electrons. The van der Waals surface area contributed by atoms with Crippen LogP contribution in [0.5, 0.6) is 11.5 Å². The third-order valence-corrected chi connectivity index (χ3v) is 2.75. The van der Waals surface area contributed by atoms with Gasteiger partial charge in [-0.05, 0) is 12.1 Å². The summed E-state index contributed by atoms with van der Waals surface area (Å²) >= 11 is 0. The Morgan fingerprint density at radius 3 is 2.55 bits per heavy atom. The van der Waals surface area contributed by atoms with Crippen LogP contribution in [0.15, 0.2) is 30.3 Å². The topological polar surface area (TPSA) is 41.5 Å². The molecule has 0 spiro atoms. The van der Waals surface area contributed by atoms with E-state index in [9.17, 15) is 18.3 Å². The first-order valence-corrected chi connectivity index (χ1v) is 5.75. The number of benzene rings is 2. The molecule has 2 aromatic rings. The van der Waals surface area contributed by atoms with E-state index in [4.69, 9.17) is 4.74 Å². The Bertz CT molecular complexity index is 632. The Labute approximate surface area is 113 Å². The molecule has 3 nitrogen and oxygen atoms in total. The van der Waals surface area contributed by atoms with Gasteiger partial charge in [0.2, 0.25) is 0 Å². The number of hydrogen-bond donors (Lipinski definition) is 2. The highest BCUT2D eigenvalue weighted by molar-refractivity contribution is 5.48. The largest absolute Gasteiger partial charge is 0.507 e. The molecule has 20 heavy (non-hydrogen) atoms. The van der Waals surface area contributed by atoms with Crippen LogP contribution in [0.2, 0.25) is 0 Å². The average molecular weight is 283 g/mol. The predicted molar refractivity (Wildman–Crippen MR) is 68.3 cm³/mol. The van der Waals surface area contributed by atoms with Crippen molar-refractivity contribution in [1.82, 2.24) is 0 Å². The van der Waals surface area contributed by atoms with E-state index < -0.39 is 17.5 Å². The van der Waals surface area contributed by atoms with E-state index in [1.54, 1.807) is 12.1 Å². The fourth-order valence-electron chi connectivity index (χ4n) is 1.70. The Morgan fingerprint density at radius 1 is 1.15 bits per heavy atom. The van der Waals surface area contributed by atoms with Gasteiger partial charge in [-0.25, -0.2) is 13.2 Å². The van der Waals surface area contributed by atoms with Crippen molar-refractivity contribution in [2.24, 2.45) is 0 Å². The Kier molecular flexibility index (Phi) is 4.02. The number of rotatable bonds is 4. The number of ether oxygens (including phenoxy) is 1. The van der Waals surface area contributed by atoms with Gasteiger partial charge in [0.25, 0.3) is 0 Å². The monoisotopic (exact) mass is 283 g/mol. The lowest BCUT2D eigenvalue weighted by Gasteiger charge is -2.10. The minimum absolute atomic E-state index is 0.00956. The molecule has 0 bridgehead atoms. The second-order valence-corrected chi connectivity index (χ2v) is 4.10. The maximum absolute atomic E-state index is 13.4. The zero-order chi connectivity index (χ0) is 14.7. The molecule has 0 saturated heterocycles. The van der Waals surface area contributed by atoms with E-state index >= 15 is 0 Å². The molecule has 0 radical (unpaired) electrons. The first-order chi connectivity index (χ1) is 9.51. The fraction of sp³-hybridized carbons (Fsp3) is 0.143. The molecule has 0 aliphatic carbocycles. The highest BCUT2D eigenvalue weighted by Crippen LogP contribution is 2.25. The second-order valence-electron chi connectivity index (χ2n) is 4.10. The van der Waals surface area contributed by atoms with Gasteiger partial charge < -0.3 is 15.2 Å². The molecule has 0 aliphatic rings. The standard InChI is InChI=1S/C14H12F3NO2/c1-20-10-3-2-8(13(19)6-10)7-18-12-5-9(15)4-11(16)14(12)17/h2-6,18-19H,7H2,1H3. The van der Waals surface area contributed by atoms with Crippen molar-refractivity contribution in [1.29, 1.82) is 0 Å². The molecule has 6 heteroatoms. The number of phenolic OH excluding ortho intramolecular Hbond substituents is 1. The minimum Gasteiger partial charge on any atom is -0.507 e. The van der Waals surface area contributed by atoms with Gasteiger partial charge >= 0.3 is 0 Å². The molecule has 0 heterocycles. The number of halogens is 3. The molecule has 0 aromatic heterocycles. The average Bonchev–Trinajstić information content (AvgIpc) is 2.42. The number of anilines is 1. The number of methoxy groups -OCH3 is 1. The van der Waals surface area contributed by atoms with Gasteiger partial charge in [0.1, 0.15) is 17.3 Å². The zero-order valence-electron chi connectivity index (χ0n) is 10.6. The summed E-state index contributed by atoms with van der Waals surface area (Å²) in [5.41, 5.74) is 0.132. The summed E-state index contributed by atoms with van der Waals surface area (Å²) in [6.45, 7) is 0.00956. The summed E-state index contributed by atoms with van der Waals surface area (Å²) in [4.78, 5) is 0. The number of nitrogens with one attached hydrogen (secondary N) is 1. The van der Waals surface area contributed by atoms with Crippen molar-refractivity contribution in [3.05, 3.63) is 53.3 Å². The summed E-state index contributed by atoms with van der Waals surface area (Å²) in [6, 6.07) is 5.87. The Hall–Kier alpha value is -2.37. The van der Waals surface area contributed by atoms with E-state index in [0.717, 1.165) is 6.07 Å². The van der Waals surface area contributed by atoms with Gasteiger partial charge in [0, 0.05) is 30.3 Å². The third kappa shape index (κ3) is 2.96. The third-order valence-electron chi connectivity index (χ3n) is 2.75. The van der Waals surface area contributed by atoms with Crippen LogP contribution in [0.25, 0.3) is 0 Å². The SMILES string of the molecule is COc1ccc(CNc2cc(F)cc(F)c2F)c(O)c1. The van der Waals surface area contributed by atoms with Crippen LogP contribution >= 0.6 is 0 Å². The molecular weight excluding hydrogens is 271 g/mol. The van der Waals surface area contributed by atoms with Crippen molar-refractivity contribution in [3.8, 4) is 11.5 Å². The summed E-state index contributed by atoms with van der Waals surface area (Å²) in [5.74, 6) is -2.92. The molecule has 0 unspecified atom stereocenters. The van der Waals surface area contributed by atoms with E-state index in [-0.39, 0.29) is 18.0 Å². The van der Waals surface area contributed by atoms with Gasteiger partial charge in [-0.1, -0.05) is 0 Å². The molecule has 2 aromatic carbocycles. The van der Waals surface area contributed by atoms with Crippen LogP contribution in [0.4, 0.5) is 18.9 Å². The number of aromatic hydroxyl groups is 1. The maximum atomic E-state index is 13.4. The summed E-state index contributed by atoms with van der Waals surface area (Å²) in [6.07, 6.45) is 0. The van der Waals surface area contributed by atoms with Gasteiger partial charge in [-0.3, -0.25) is 0 Å². The molecule has 0 fully saturated rings. The van der Waals surface area contributed by atoms with Gasteiger partial charge in [-0.2, -0.15) is 0 Å². The van der Waals surface area contributed by atoms with Gasteiger partial charge in [0.05, 0.1) is 12.8 Å². The van der Waals surface area contributed by atoms with Crippen LogP contribution in [-0.4, -0.2) is 12.2 Å². The maximum Gasteiger partial charge on any atom is 0.182 e. The van der Waals surface area contributed by atoms with Crippen LogP contribution in [-0.2, 0) is 6.54 Å². The van der Waals surface area contributed by atoms with Crippen LogP contribution in [0, 0.1) is 17.5 Å². The van der Waals surface area contributed by atoms with Crippen LogP contribution in [0.1, 0.15) is 5.56 Å². The highest BCUT2D eigenvalue weighted by atomic mass is 19.2. The van der Waals surface area contributed by atoms with Crippen molar-refractivity contribution in [2.75, 3.05) is 12.4 Å². The second kappa shape index (κ2) is 5.73. The van der Waals surface area contributed by atoms with Gasteiger partial charge in [-0.15, -0.1) is 0 Å². The molecule has 2 rings (SSSR count). The molecule has 2 N–H and O–H groups in total. The fourth-order valence-corrected chi connectivity index (χ4v) is 1.70. The zero-order valence-corrected chi connectivity index (χ0v) is 10.6. The van der Waals surface area contributed by atoms with E-state index in [2.05, 4.69) is 5.32 Å². The Morgan fingerprint density at radius 2 is 1.90 bits per heavy atom. The molecule has 0 amide bonds. The first kappa shape index (κ1) is 14.0. The molecule has 0 aliphatic heterocycles. The molecular formula is C14H12F3NO2. The van der Waals surface area contributed by atoms with Crippen LogP contribution in [0.3, 0.4) is 0 Å². The lowest BCUT2D eigenvalue weighted by molar-refractivity contribution is 0.406. The quantitative estimate of drug-likeness (QED) is 0.845. The number of hydrogen-bond acceptors (Lipinski definition) is 3. The van der Waals surface area contributed by atoms with E-state index in [1.807, 2.05) is 0 Å². The number of phenols is 1. The van der Waals surface area contributed by atoms with Gasteiger partial charge in [0.15, 0.2) is 11.6 Å². The van der Waals surface area contributed by atoms with E-state index in [1.165, 1.54) is 13.2 Å². The molecule has 0 atom stereocenters. The first-order valence-electron chi connectivity index (χ1n) is 5.75. The van der Waals surface area contributed by atoms with Crippen molar-refractivity contribution in [2.45, 2.75) is 6.54 Å². The van der Waals surface area contributed by atoms with Crippen molar-refractivity contribution < 1.29 is 23.0 Å². The molecule has 0 saturated carbocycles. The summed E-state index contributed by atoms with van der Waals surface area (Å²) < 4.78 is 44.4. The van der Waals surface area contributed by atoms with E-state index in [0.29, 0.717) is 17.4 Å². The minimum atomic E-state index is -1.27. The Balaban J connectivity index is 2.17. The van der Waals surface area contributed by atoms with Crippen molar-refractivity contribution >= 4 is 5.69 Å². The lowest BCUT2D eigenvalue weighted by Crippen LogP contribution is -2.04. The van der Waals surface area contributed by atoms with Crippen molar-refractivity contribution in [3.63, 3.8) is 0 Å². The smallest absolute Gasteiger partial charge is 0.182 e.